The number of rotatable bonds is 7. The van der Waals surface area contributed by atoms with Crippen LogP contribution in [0.1, 0.15) is 18.3 Å². The molecule has 0 spiro atoms. The third-order valence-corrected chi connectivity index (χ3v) is 4.71. The largest absolute Gasteiger partial charge is 0.549 e. The van der Waals surface area contributed by atoms with Crippen LogP contribution in [0.4, 0.5) is 0 Å². The van der Waals surface area contributed by atoms with E-state index in [0.717, 1.165) is 28.8 Å². The maximum absolute atomic E-state index is 11.1. The second-order valence-electron chi connectivity index (χ2n) is 5.75. The second kappa shape index (κ2) is 8.05. The van der Waals surface area contributed by atoms with Crippen molar-refractivity contribution in [2.45, 2.75) is 30.9 Å². The van der Waals surface area contributed by atoms with E-state index in [0.29, 0.717) is 11.0 Å². The van der Waals surface area contributed by atoms with E-state index in [9.17, 15) is 9.90 Å². The van der Waals surface area contributed by atoms with Crippen molar-refractivity contribution in [3.63, 3.8) is 0 Å². The summed E-state index contributed by atoms with van der Waals surface area (Å²) in [5.74, 6) is 0.186. The number of hydrogen-bond donors (Lipinski definition) is 0. The van der Waals surface area contributed by atoms with Crippen LogP contribution in [-0.2, 0) is 11.4 Å². The molecule has 0 radical (unpaired) electrons. The predicted molar refractivity (Wildman–Crippen MR) is 97.2 cm³/mol. The van der Waals surface area contributed by atoms with Crippen molar-refractivity contribution in [3.05, 3.63) is 66.0 Å². The van der Waals surface area contributed by atoms with Gasteiger partial charge in [0, 0.05) is 10.9 Å². The number of carboxylic acids is 1. The van der Waals surface area contributed by atoms with E-state index in [4.69, 9.17) is 4.74 Å². The summed E-state index contributed by atoms with van der Waals surface area (Å²) >= 11 is 1.09. The minimum Gasteiger partial charge on any atom is -0.549 e. The molecule has 0 saturated carbocycles. The van der Waals surface area contributed by atoms with E-state index in [2.05, 4.69) is 10.2 Å². The fourth-order valence-electron chi connectivity index (χ4n) is 2.37. The minimum absolute atomic E-state index is 0.214. The molecule has 0 bridgehead atoms. The summed E-state index contributed by atoms with van der Waals surface area (Å²) in [6, 6.07) is 17.3. The van der Waals surface area contributed by atoms with Gasteiger partial charge in [-0.2, -0.15) is 0 Å². The smallest absolute Gasteiger partial charge is 0.196 e. The first-order valence-electron chi connectivity index (χ1n) is 8.11. The molecule has 1 heterocycles. The van der Waals surface area contributed by atoms with Crippen LogP contribution >= 0.6 is 11.8 Å². The molecule has 2 aromatic carbocycles. The SMILES string of the molecule is Cc1cccc(OCc2nnc(S[C@@H](C)C(=O)[O-])n2-c2ccccc2)c1. The molecular formula is C19H18N3O3S-. The van der Waals surface area contributed by atoms with Crippen LogP contribution in [0.25, 0.3) is 5.69 Å². The fraction of sp³-hybridized carbons (Fsp3) is 0.211. The Balaban J connectivity index is 1.89. The van der Waals surface area contributed by atoms with E-state index in [1.165, 1.54) is 0 Å². The highest BCUT2D eigenvalue weighted by Crippen LogP contribution is 2.26. The van der Waals surface area contributed by atoms with Crippen LogP contribution in [0.5, 0.6) is 5.75 Å². The van der Waals surface area contributed by atoms with E-state index in [1.807, 2.05) is 61.5 Å². The Morgan fingerprint density at radius 3 is 2.65 bits per heavy atom. The number of thioether (sulfide) groups is 1. The summed E-state index contributed by atoms with van der Waals surface area (Å²) in [5.41, 5.74) is 1.94. The Bertz CT molecular complexity index is 896. The number of aryl methyl sites for hydroxylation is 1. The van der Waals surface area contributed by atoms with Gasteiger partial charge in [0.2, 0.25) is 0 Å². The number of carbonyl (C=O) groups is 1. The van der Waals surface area contributed by atoms with Crippen LogP contribution in [0.2, 0.25) is 0 Å². The van der Waals surface area contributed by atoms with E-state index in [1.54, 1.807) is 11.5 Å². The van der Waals surface area contributed by atoms with Crippen molar-refractivity contribution in [1.29, 1.82) is 0 Å². The summed E-state index contributed by atoms with van der Waals surface area (Å²) in [4.78, 5) is 11.1. The zero-order valence-electron chi connectivity index (χ0n) is 14.5. The molecule has 0 N–H and O–H groups in total. The molecule has 0 unspecified atom stereocenters. The number of carbonyl (C=O) groups excluding carboxylic acids is 1. The van der Waals surface area contributed by atoms with Gasteiger partial charge in [-0.1, -0.05) is 42.1 Å². The highest BCUT2D eigenvalue weighted by atomic mass is 32.2. The quantitative estimate of drug-likeness (QED) is 0.596. The number of aliphatic carboxylic acids is 1. The molecule has 3 rings (SSSR count). The standard InChI is InChI=1S/C19H19N3O3S/c1-13-7-6-10-16(11-13)25-12-17-20-21-19(26-14(2)18(23)24)22(17)15-8-4-3-5-9-15/h3-11,14H,12H2,1-2H3,(H,23,24)/p-1/t14-/m0/s1. The van der Waals surface area contributed by atoms with Crippen LogP contribution < -0.4 is 9.84 Å². The molecule has 3 aromatic rings. The molecule has 6 nitrogen and oxygen atoms in total. The summed E-state index contributed by atoms with van der Waals surface area (Å²) < 4.78 is 7.65. The third kappa shape index (κ3) is 4.23. The summed E-state index contributed by atoms with van der Waals surface area (Å²) in [5, 5.41) is 19.2. The average molecular weight is 368 g/mol. The number of aromatic nitrogens is 3. The minimum atomic E-state index is -1.14. The number of nitrogens with zero attached hydrogens (tertiary/aromatic N) is 3. The Labute approximate surface area is 155 Å². The van der Waals surface area contributed by atoms with Crippen molar-refractivity contribution in [2.75, 3.05) is 0 Å². The highest BCUT2D eigenvalue weighted by Gasteiger charge is 2.18. The Morgan fingerprint density at radius 1 is 1.19 bits per heavy atom. The molecule has 0 saturated heterocycles. The van der Waals surface area contributed by atoms with Crippen molar-refractivity contribution in [1.82, 2.24) is 14.8 Å². The van der Waals surface area contributed by atoms with E-state index >= 15 is 0 Å². The van der Waals surface area contributed by atoms with Gasteiger partial charge in [-0.15, -0.1) is 10.2 Å². The Morgan fingerprint density at radius 2 is 1.96 bits per heavy atom. The lowest BCUT2D eigenvalue weighted by Gasteiger charge is -2.14. The van der Waals surface area contributed by atoms with Gasteiger partial charge in [0.05, 0.1) is 5.97 Å². The summed E-state index contributed by atoms with van der Waals surface area (Å²) in [6.07, 6.45) is 0. The van der Waals surface area contributed by atoms with Gasteiger partial charge < -0.3 is 14.6 Å². The van der Waals surface area contributed by atoms with Crippen molar-refractivity contribution in [2.24, 2.45) is 0 Å². The molecule has 0 amide bonds. The Hall–Kier alpha value is -2.80. The number of benzene rings is 2. The van der Waals surface area contributed by atoms with Crippen molar-refractivity contribution >= 4 is 17.7 Å². The van der Waals surface area contributed by atoms with Crippen LogP contribution in [-0.4, -0.2) is 26.0 Å². The number of hydrogen-bond acceptors (Lipinski definition) is 6. The molecule has 0 aliphatic carbocycles. The van der Waals surface area contributed by atoms with Crippen molar-refractivity contribution < 1.29 is 14.6 Å². The predicted octanol–water partition coefficient (Wildman–Crippen LogP) is 2.39. The molecule has 0 fully saturated rings. The summed E-state index contributed by atoms with van der Waals surface area (Å²) in [6.45, 7) is 3.77. The topological polar surface area (TPSA) is 80.1 Å². The molecular weight excluding hydrogens is 350 g/mol. The molecule has 1 aromatic heterocycles. The number of carboxylic acid groups (broad SMARTS) is 1. The fourth-order valence-corrected chi connectivity index (χ4v) is 3.18. The molecule has 0 aliphatic rings. The molecule has 134 valence electrons. The lowest BCUT2D eigenvalue weighted by atomic mass is 10.2. The molecule has 0 aliphatic heterocycles. The van der Waals surface area contributed by atoms with Gasteiger partial charge in [-0.3, -0.25) is 4.57 Å². The van der Waals surface area contributed by atoms with Gasteiger partial charge >= 0.3 is 0 Å². The monoisotopic (exact) mass is 368 g/mol. The average Bonchev–Trinajstić information content (AvgIpc) is 3.03. The van der Waals surface area contributed by atoms with Gasteiger partial charge in [-0.25, -0.2) is 0 Å². The lowest BCUT2D eigenvalue weighted by molar-refractivity contribution is -0.304. The normalized spacial score (nSPS) is 11.9. The lowest BCUT2D eigenvalue weighted by Crippen LogP contribution is -2.31. The van der Waals surface area contributed by atoms with Crippen LogP contribution in [0.3, 0.4) is 0 Å². The van der Waals surface area contributed by atoms with Gasteiger partial charge in [0.25, 0.3) is 0 Å². The maximum Gasteiger partial charge on any atom is 0.196 e. The molecule has 7 heteroatoms. The first kappa shape index (κ1) is 18.0. The van der Waals surface area contributed by atoms with Crippen LogP contribution in [0, 0.1) is 6.92 Å². The molecule has 26 heavy (non-hydrogen) atoms. The number of ether oxygens (including phenoxy) is 1. The van der Waals surface area contributed by atoms with Gasteiger partial charge in [0.15, 0.2) is 11.0 Å². The first-order valence-corrected chi connectivity index (χ1v) is 8.99. The maximum atomic E-state index is 11.1. The number of para-hydroxylation sites is 1. The van der Waals surface area contributed by atoms with E-state index < -0.39 is 11.2 Å². The Kier molecular flexibility index (Phi) is 5.58. The van der Waals surface area contributed by atoms with Gasteiger partial charge in [-0.05, 0) is 43.7 Å². The zero-order valence-corrected chi connectivity index (χ0v) is 15.3. The van der Waals surface area contributed by atoms with Crippen LogP contribution in [0.15, 0.2) is 59.8 Å². The van der Waals surface area contributed by atoms with Crippen molar-refractivity contribution in [3.8, 4) is 11.4 Å². The zero-order chi connectivity index (χ0) is 18.5. The first-order chi connectivity index (χ1) is 12.5. The highest BCUT2D eigenvalue weighted by molar-refractivity contribution is 8.00. The second-order valence-corrected chi connectivity index (χ2v) is 7.06. The van der Waals surface area contributed by atoms with Gasteiger partial charge in [0.1, 0.15) is 12.4 Å². The molecule has 1 atom stereocenters. The third-order valence-electron chi connectivity index (χ3n) is 3.69. The summed E-state index contributed by atoms with van der Waals surface area (Å²) in [7, 11) is 0. The van der Waals surface area contributed by atoms with E-state index in [-0.39, 0.29) is 6.61 Å².